The number of pyridine rings is 1. The van der Waals surface area contributed by atoms with Crippen LogP contribution in [0, 0.1) is 0 Å². The minimum absolute atomic E-state index is 0.147. The van der Waals surface area contributed by atoms with E-state index < -0.39 is 57.5 Å². The Balaban J connectivity index is 0.954. The highest BCUT2D eigenvalue weighted by Gasteiger charge is 2.58. The molecule has 0 spiro atoms. The Morgan fingerprint density at radius 2 is 1.36 bits per heavy atom. The summed E-state index contributed by atoms with van der Waals surface area (Å²) in [4.78, 5) is 76.7. The summed E-state index contributed by atoms with van der Waals surface area (Å²) in [6, 6.07) is 50.1. The van der Waals surface area contributed by atoms with Crippen molar-refractivity contribution in [1.82, 2.24) is 25.2 Å². The summed E-state index contributed by atoms with van der Waals surface area (Å²) in [5, 5.41) is 14.4. The van der Waals surface area contributed by atoms with E-state index in [9.17, 15) is 23.4 Å². The fraction of sp³-hybridized carbons (Fsp3) is 0.111. The first-order chi connectivity index (χ1) is 35.2. The third-order valence-electron chi connectivity index (χ3n) is 12.0. The molecule has 3 aromatic heterocycles. The van der Waals surface area contributed by atoms with Gasteiger partial charge in [0.05, 0.1) is 27.0 Å². The van der Waals surface area contributed by atoms with Crippen LogP contribution in [0.25, 0.3) is 5.57 Å². The third kappa shape index (κ3) is 9.33. The number of hydrogen-bond acceptors (Lipinski definition) is 14. The lowest BCUT2D eigenvalue weighted by Crippen LogP contribution is -2.74. The number of benzene rings is 5. The van der Waals surface area contributed by atoms with Crippen molar-refractivity contribution in [3.63, 3.8) is 0 Å². The summed E-state index contributed by atoms with van der Waals surface area (Å²) in [5.41, 5.74) is 3.50. The molecule has 3 amide bonds. The van der Waals surface area contributed by atoms with Crippen LogP contribution in [-0.2, 0) is 40.3 Å². The molecule has 1 saturated heterocycles. The van der Waals surface area contributed by atoms with Crippen LogP contribution in [0.3, 0.4) is 0 Å². The number of oxime groups is 1. The summed E-state index contributed by atoms with van der Waals surface area (Å²) >= 11 is 2.28. The monoisotopic (exact) mass is 1010 g/mol. The lowest BCUT2D eigenvalue weighted by atomic mass is 9.77. The van der Waals surface area contributed by atoms with E-state index in [-0.39, 0.29) is 33.6 Å². The topological polar surface area (TPSA) is 194 Å². The lowest BCUT2D eigenvalue weighted by Gasteiger charge is -2.49. The molecule has 2 aliphatic heterocycles. The molecule has 0 saturated carbocycles. The second-order valence-corrected chi connectivity index (χ2v) is 19.8. The van der Waals surface area contributed by atoms with Crippen molar-refractivity contribution in [2.24, 2.45) is 5.16 Å². The molecule has 72 heavy (non-hydrogen) atoms. The molecule has 0 aliphatic carbocycles. The van der Waals surface area contributed by atoms with Crippen LogP contribution in [0.1, 0.15) is 54.9 Å². The molecule has 8 aromatic rings. The molecule has 18 heteroatoms. The number of amides is 3. The Labute approximate surface area is 423 Å². The van der Waals surface area contributed by atoms with Gasteiger partial charge in [0, 0.05) is 29.5 Å². The van der Waals surface area contributed by atoms with Crippen molar-refractivity contribution >= 4 is 78.7 Å². The van der Waals surface area contributed by atoms with Gasteiger partial charge in [-0.2, -0.15) is 0 Å². The molecule has 5 heterocycles. The smallest absolute Gasteiger partial charge is 0.356 e. The molecular weight excluding hydrogens is 969 g/mol. The van der Waals surface area contributed by atoms with Crippen LogP contribution in [0.2, 0.25) is 0 Å². The molecule has 3 atom stereocenters. The number of aromatic nitrogens is 3. The largest absolute Gasteiger partial charge is 0.448 e. The van der Waals surface area contributed by atoms with Gasteiger partial charge in [0.2, 0.25) is 0 Å². The first-order valence-corrected chi connectivity index (χ1v) is 25.6. The van der Waals surface area contributed by atoms with Crippen molar-refractivity contribution in [1.29, 1.82) is 0 Å². The van der Waals surface area contributed by atoms with E-state index >= 15 is 0 Å². The number of carbonyl (C=O) groups is 4. The Kier molecular flexibility index (Phi) is 13.7. The molecule has 2 aliphatic rings. The number of fused-ring (bicyclic) bond motifs is 1. The number of nitrogens with one attached hydrogen (secondary N) is 3. The quantitative estimate of drug-likeness (QED) is 0.0278. The Hall–Kier alpha value is -8.45. The highest BCUT2D eigenvalue weighted by atomic mass is 32.2. The van der Waals surface area contributed by atoms with Gasteiger partial charge in [-0.3, -0.25) is 33.8 Å². The van der Waals surface area contributed by atoms with Gasteiger partial charge in [-0.25, -0.2) is 14.8 Å². The molecule has 0 radical (unpaired) electrons. The predicted octanol–water partition coefficient (Wildman–Crippen LogP) is 8.16. The van der Waals surface area contributed by atoms with E-state index in [0.29, 0.717) is 26.7 Å². The highest BCUT2D eigenvalue weighted by Crippen LogP contribution is 2.43. The zero-order valence-electron chi connectivity index (χ0n) is 38.2. The fourth-order valence-corrected chi connectivity index (χ4v) is 12.1. The second kappa shape index (κ2) is 20.9. The maximum Gasteiger partial charge on any atom is 0.356 e. The van der Waals surface area contributed by atoms with Crippen molar-refractivity contribution in [2.45, 2.75) is 23.1 Å². The van der Waals surface area contributed by atoms with Crippen LogP contribution in [0.4, 0.5) is 10.3 Å². The first kappa shape index (κ1) is 47.2. The minimum atomic E-state index is -1.89. The average molecular weight is 1010 g/mol. The molecule has 3 N–H and O–H groups in total. The zero-order valence-corrected chi connectivity index (χ0v) is 40.6. The number of ether oxygens (including phenoxy) is 1. The number of thiazole rings is 2. The van der Waals surface area contributed by atoms with Crippen LogP contribution in [-0.4, -0.2) is 77.7 Å². The van der Waals surface area contributed by atoms with Crippen LogP contribution < -0.4 is 16.0 Å². The maximum absolute atomic E-state index is 14.8. The van der Waals surface area contributed by atoms with Crippen molar-refractivity contribution < 1.29 is 33.0 Å². The van der Waals surface area contributed by atoms with Crippen LogP contribution in [0.5, 0.6) is 0 Å². The summed E-state index contributed by atoms with van der Waals surface area (Å²) in [6.45, 7) is 0. The number of esters is 1. The number of hydrogen-bond donors (Lipinski definition) is 3. The van der Waals surface area contributed by atoms with E-state index in [4.69, 9.17) is 14.6 Å². The van der Waals surface area contributed by atoms with E-state index in [1.807, 2.05) is 152 Å². The fourth-order valence-electron chi connectivity index (χ4n) is 8.73. The third-order valence-corrected chi connectivity index (χ3v) is 15.4. The lowest BCUT2D eigenvalue weighted by molar-refractivity contribution is -0.154. The van der Waals surface area contributed by atoms with Crippen LogP contribution >= 0.6 is 22.7 Å². The normalized spacial score (nSPS) is 16.6. The minimum Gasteiger partial charge on any atom is -0.448 e. The molecule has 358 valence electrons. The zero-order chi connectivity index (χ0) is 49.6. The number of nitrogens with zero attached hydrogens (tertiary/aromatic N) is 5. The first-order valence-electron chi connectivity index (χ1n) is 22.5. The molecule has 5 aromatic carbocycles. The van der Waals surface area contributed by atoms with E-state index in [1.165, 1.54) is 30.8 Å². The average Bonchev–Trinajstić information content (AvgIpc) is 4.11. The number of β-lactam (4-membered cyclic amide) rings is 1. The maximum atomic E-state index is 14.8. The van der Waals surface area contributed by atoms with Crippen molar-refractivity contribution in [3.05, 3.63) is 237 Å². The van der Waals surface area contributed by atoms with E-state index in [2.05, 4.69) is 31.1 Å². The van der Waals surface area contributed by atoms with Gasteiger partial charge >= 0.3 is 5.97 Å². The SMILES string of the molecule is CON=C(C(=O)NC1C(=O)N2C(C(=O)OC(c3ccccc3)c3ccccc3)=C(c3cnc(NC(=O)c4cccnc4)s3)CS(=O)C12)c1csc(NC(c2ccccc2)(c2ccccc2)c2ccccc2)n1. The van der Waals surface area contributed by atoms with Gasteiger partial charge < -0.3 is 20.2 Å². The Morgan fingerprint density at radius 3 is 1.92 bits per heavy atom. The summed E-state index contributed by atoms with van der Waals surface area (Å²) in [6.07, 6.45) is 3.50. The molecule has 15 nitrogen and oxygen atoms in total. The van der Waals surface area contributed by atoms with Gasteiger partial charge in [0.25, 0.3) is 17.7 Å². The van der Waals surface area contributed by atoms with E-state index in [1.54, 1.807) is 23.7 Å². The van der Waals surface area contributed by atoms with E-state index in [0.717, 1.165) is 32.9 Å². The molecule has 10 rings (SSSR count). The van der Waals surface area contributed by atoms with Gasteiger partial charge in [-0.1, -0.05) is 168 Å². The summed E-state index contributed by atoms with van der Waals surface area (Å²) < 4.78 is 20.8. The number of rotatable bonds is 16. The summed E-state index contributed by atoms with van der Waals surface area (Å²) in [7, 11) is -0.604. The predicted molar refractivity (Wildman–Crippen MR) is 276 cm³/mol. The summed E-state index contributed by atoms with van der Waals surface area (Å²) in [5.74, 6) is -3.11. The van der Waals surface area contributed by atoms with Crippen molar-refractivity contribution in [3.8, 4) is 0 Å². The number of carbonyl (C=O) groups excluding carboxylic acids is 4. The Morgan fingerprint density at radius 1 is 0.778 bits per heavy atom. The number of anilines is 2. The highest BCUT2D eigenvalue weighted by molar-refractivity contribution is 7.86. The molecule has 0 bridgehead atoms. The molecule has 1 fully saturated rings. The molecule has 3 unspecified atom stereocenters. The van der Waals surface area contributed by atoms with Crippen LogP contribution in [0.15, 0.2) is 199 Å². The second-order valence-electron chi connectivity index (χ2n) is 16.4. The Bertz CT molecular complexity index is 3210. The molecular formula is C54H42N8O7S3. The van der Waals surface area contributed by atoms with Gasteiger partial charge in [-0.05, 0) is 39.9 Å². The van der Waals surface area contributed by atoms with Gasteiger partial charge in [0.15, 0.2) is 22.1 Å². The standard InChI is InChI=1S/C54H42N8O7S3/c1-68-61-43(41-32-70-53(57-41)60-54(37-23-11-4-12-24-37,38-25-13-5-14-26-38)39-27-15-6-16-28-39)48(64)58-44-49(65)62-45(51(66)69-46(34-18-7-2-8-19-34)35-20-9-3-10-21-35)40(33-72(67)50(44)62)42-31-56-52(71-42)59-47(63)36-22-17-29-55-30-36/h2-32,44,46,50H,33H2,1H3,(H,57,60)(H,58,64)(H,56,59,63). The van der Waals surface area contributed by atoms with Gasteiger partial charge in [-0.15, -0.1) is 11.3 Å². The van der Waals surface area contributed by atoms with Gasteiger partial charge in [0.1, 0.15) is 35.5 Å². The van der Waals surface area contributed by atoms with Crippen molar-refractivity contribution in [2.75, 3.05) is 23.5 Å².